The van der Waals surface area contributed by atoms with Crippen LogP contribution in [0.5, 0.6) is 0 Å². The molecule has 0 fully saturated rings. The average molecular weight is 628 g/mol. The van der Waals surface area contributed by atoms with Crippen LogP contribution in [0, 0.1) is 0 Å². The predicted octanol–water partition coefficient (Wildman–Crippen LogP) is 11.8. The molecule has 0 saturated heterocycles. The van der Waals surface area contributed by atoms with Gasteiger partial charge in [0.2, 0.25) is 0 Å². The Morgan fingerprint density at radius 1 is 0.429 bits per heavy atom. The van der Waals surface area contributed by atoms with E-state index in [0.29, 0.717) is 0 Å². The molecule has 5 aromatic heterocycles. The molecule has 49 heavy (non-hydrogen) atoms. The van der Waals surface area contributed by atoms with Crippen molar-refractivity contribution in [2.45, 2.75) is 0 Å². The molecule has 11 rings (SSSR count). The first kappa shape index (κ1) is 26.4. The number of benzene rings is 6. The Balaban J connectivity index is 1.25. The van der Waals surface area contributed by atoms with Gasteiger partial charge in [0, 0.05) is 55.2 Å². The highest BCUT2D eigenvalue weighted by atomic mass is 16.3. The molecule has 0 amide bonds. The Kier molecular flexibility index (Phi) is 5.32. The van der Waals surface area contributed by atoms with E-state index in [9.17, 15) is 0 Å². The monoisotopic (exact) mass is 627 g/mol. The Hall–Kier alpha value is -6.72. The molecule has 228 valence electrons. The number of nitrogens with zero attached hydrogens (tertiary/aromatic N) is 3. The molecule has 5 nitrogen and oxygen atoms in total. The van der Waals surface area contributed by atoms with Gasteiger partial charge in [-0.25, -0.2) is 9.97 Å². The molecule has 5 heteroatoms. The van der Waals surface area contributed by atoms with Gasteiger partial charge in [0.25, 0.3) is 0 Å². The van der Waals surface area contributed by atoms with Crippen molar-refractivity contribution in [3.8, 4) is 33.5 Å². The summed E-state index contributed by atoms with van der Waals surface area (Å²) in [4.78, 5) is 10.4. The van der Waals surface area contributed by atoms with Crippen LogP contribution in [0.15, 0.2) is 161 Å². The maximum Gasteiger partial charge on any atom is 0.165 e. The smallest absolute Gasteiger partial charge is 0.165 e. The molecule has 0 aliphatic rings. The van der Waals surface area contributed by atoms with Crippen molar-refractivity contribution in [1.82, 2.24) is 14.4 Å². The lowest BCUT2D eigenvalue weighted by Crippen LogP contribution is -1.93. The lowest BCUT2D eigenvalue weighted by molar-refractivity contribution is 0.670. The van der Waals surface area contributed by atoms with Gasteiger partial charge in [0.15, 0.2) is 5.65 Å². The van der Waals surface area contributed by atoms with Crippen molar-refractivity contribution in [2.24, 2.45) is 0 Å². The van der Waals surface area contributed by atoms with E-state index in [-0.39, 0.29) is 0 Å². The van der Waals surface area contributed by atoms with Crippen molar-refractivity contribution in [1.29, 1.82) is 0 Å². The third kappa shape index (κ3) is 3.81. The molecule has 6 aromatic carbocycles. The predicted molar refractivity (Wildman–Crippen MR) is 199 cm³/mol. The van der Waals surface area contributed by atoms with Crippen LogP contribution in [-0.2, 0) is 0 Å². The number of fused-ring (bicyclic) bond motifs is 11. The zero-order valence-corrected chi connectivity index (χ0v) is 26.1. The maximum atomic E-state index is 6.56. The standard InChI is InChI=1S/C44H25N3O2/c1-2-14-34-33(13-1)40(46-44-41(34)45-39-21-7-8-22-47(39)44)28-24-26(29-15-9-17-35-31-11-3-5-19-37(31)48-42(29)35)23-27(25-28)30-16-10-18-36-32-12-4-6-20-38(32)49-43(30)36/h1-25H. The van der Waals surface area contributed by atoms with E-state index < -0.39 is 0 Å². The number of para-hydroxylation sites is 4. The van der Waals surface area contributed by atoms with Gasteiger partial charge >= 0.3 is 0 Å². The quantitative estimate of drug-likeness (QED) is 0.196. The highest BCUT2D eigenvalue weighted by molar-refractivity contribution is 6.13. The third-order valence-electron chi connectivity index (χ3n) is 9.80. The molecule has 0 unspecified atom stereocenters. The molecule has 0 saturated carbocycles. The third-order valence-corrected chi connectivity index (χ3v) is 9.80. The molecule has 0 N–H and O–H groups in total. The van der Waals surface area contributed by atoms with Crippen molar-refractivity contribution < 1.29 is 8.83 Å². The Labute approximate surface area is 279 Å². The van der Waals surface area contributed by atoms with Crippen molar-refractivity contribution in [3.05, 3.63) is 152 Å². The van der Waals surface area contributed by atoms with Crippen LogP contribution < -0.4 is 0 Å². The number of furan rings is 2. The van der Waals surface area contributed by atoms with E-state index in [0.717, 1.165) is 105 Å². The van der Waals surface area contributed by atoms with Gasteiger partial charge in [-0.1, -0.05) is 103 Å². The summed E-state index contributed by atoms with van der Waals surface area (Å²) in [5, 5.41) is 6.51. The van der Waals surface area contributed by atoms with Crippen molar-refractivity contribution in [2.75, 3.05) is 0 Å². The van der Waals surface area contributed by atoms with Gasteiger partial charge < -0.3 is 8.83 Å². The Bertz CT molecular complexity index is 2990. The highest BCUT2D eigenvalue weighted by Gasteiger charge is 2.20. The summed E-state index contributed by atoms with van der Waals surface area (Å²) in [6, 6.07) is 50.5. The zero-order valence-electron chi connectivity index (χ0n) is 26.1. The minimum absolute atomic E-state index is 0.829. The first-order valence-electron chi connectivity index (χ1n) is 16.4. The van der Waals surface area contributed by atoms with Crippen molar-refractivity contribution in [3.63, 3.8) is 0 Å². The summed E-state index contributed by atoms with van der Waals surface area (Å²) in [6.45, 7) is 0. The molecule has 5 heterocycles. The molecule has 0 spiro atoms. The lowest BCUT2D eigenvalue weighted by atomic mass is 9.92. The molecule has 0 bridgehead atoms. The maximum absolute atomic E-state index is 6.56. The number of pyridine rings is 2. The van der Waals surface area contributed by atoms with E-state index >= 15 is 0 Å². The highest BCUT2D eigenvalue weighted by Crippen LogP contribution is 2.43. The summed E-state index contributed by atoms with van der Waals surface area (Å²) in [6.07, 6.45) is 2.03. The largest absolute Gasteiger partial charge is 0.455 e. The number of hydrogen-bond donors (Lipinski definition) is 0. The van der Waals surface area contributed by atoms with Crippen LogP contribution in [-0.4, -0.2) is 14.4 Å². The molecule has 0 aliphatic heterocycles. The van der Waals surface area contributed by atoms with Crippen molar-refractivity contribution >= 4 is 71.5 Å². The van der Waals surface area contributed by atoms with Gasteiger partial charge in [-0.15, -0.1) is 0 Å². The summed E-state index contributed by atoms with van der Waals surface area (Å²) in [7, 11) is 0. The van der Waals surface area contributed by atoms with Gasteiger partial charge in [0.1, 0.15) is 33.5 Å². The van der Waals surface area contributed by atoms with Gasteiger partial charge in [0.05, 0.1) is 5.69 Å². The van der Waals surface area contributed by atoms with Gasteiger partial charge in [-0.2, -0.15) is 0 Å². The fourth-order valence-corrected chi connectivity index (χ4v) is 7.58. The van der Waals surface area contributed by atoms with Crippen LogP contribution >= 0.6 is 0 Å². The van der Waals surface area contributed by atoms with E-state index in [1.54, 1.807) is 0 Å². The minimum Gasteiger partial charge on any atom is -0.455 e. The number of imidazole rings is 1. The molecular weight excluding hydrogens is 603 g/mol. The van der Waals surface area contributed by atoms with Crippen LogP contribution in [0.2, 0.25) is 0 Å². The van der Waals surface area contributed by atoms with E-state index in [1.807, 2.05) is 48.7 Å². The van der Waals surface area contributed by atoms with Crippen LogP contribution in [0.4, 0.5) is 0 Å². The second kappa shape index (κ2) is 9.89. The van der Waals surface area contributed by atoms with E-state index in [2.05, 4.69) is 108 Å². The lowest BCUT2D eigenvalue weighted by Gasteiger charge is -2.13. The van der Waals surface area contributed by atoms with Gasteiger partial charge in [-0.05, 0) is 53.6 Å². The average Bonchev–Trinajstić information content (AvgIpc) is 3.86. The second-order valence-corrected chi connectivity index (χ2v) is 12.6. The first-order chi connectivity index (χ1) is 24.3. The Morgan fingerprint density at radius 2 is 0.959 bits per heavy atom. The SMILES string of the molecule is c1ccc2c(c1)oc1c(-c3cc(-c4nc5c(nc6ccccn65)c5ccccc45)cc(-c4cccc5c4oc4ccccc45)c3)cccc12. The summed E-state index contributed by atoms with van der Waals surface area (Å²) >= 11 is 0. The molecule has 0 aliphatic carbocycles. The summed E-state index contributed by atoms with van der Waals surface area (Å²) in [5.41, 5.74) is 12.1. The first-order valence-corrected chi connectivity index (χ1v) is 16.4. The van der Waals surface area contributed by atoms with E-state index in [1.165, 1.54) is 0 Å². The fourth-order valence-electron chi connectivity index (χ4n) is 7.58. The molecule has 0 radical (unpaired) electrons. The van der Waals surface area contributed by atoms with Crippen LogP contribution in [0.3, 0.4) is 0 Å². The molecule has 0 atom stereocenters. The number of rotatable bonds is 3. The summed E-state index contributed by atoms with van der Waals surface area (Å²) in [5.74, 6) is 0. The van der Waals surface area contributed by atoms with E-state index in [4.69, 9.17) is 18.8 Å². The summed E-state index contributed by atoms with van der Waals surface area (Å²) < 4.78 is 15.2. The Morgan fingerprint density at radius 3 is 1.61 bits per heavy atom. The van der Waals surface area contributed by atoms with Gasteiger partial charge in [-0.3, -0.25) is 4.40 Å². The van der Waals surface area contributed by atoms with Crippen LogP contribution in [0.1, 0.15) is 0 Å². The van der Waals surface area contributed by atoms with Crippen LogP contribution in [0.25, 0.3) is 105 Å². The zero-order chi connectivity index (χ0) is 32.1. The minimum atomic E-state index is 0.829. The normalized spacial score (nSPS) is 12.1. The second-order valence-electron chi connectivity index (χ2n) is 12.6. The molecule has 11 aromatic rings. The molecular formula is C44H25N3O2. The number of aromatic nitrogens is 3. The number of hydrogen-bond acceptors (Lipinski definition) is 4. The fraction of sp³-hybridized carbons (Fsp3) is 0. The topological polar surface area (TPSA) is 56.5 Å².